The van der Waals surface area contributed by atoms with Gasteiger partial charge in [-0.05, 0) is 92.3 Å². The number of hydrazine groups is 1. The van der Waals surface area contributed by atoms with Crippen molar-refractivity contribution in [2.75, 3.05) is 11.6 Å². The van der Waals surface area contributed by atoms with Crippen LogP contribution >= 0.6 is 0 Å². The van der Waals surface area contributed by atoms with E-state index in [9.17, 15) is 9.59 Å². The van der Waals surface area contributed by atoms with Gasteiger partial charge in [-0.25, -0.2) is 15.2 Å². The Morgan fingerprint density at radius 2 is 1.61 bits per heavy atom. The molecule has 0 saturated carbocycles. The van der Waals surface area contributed by atoms with Crippen LogP contribution in [-0.2, 0) is 16.8 Å². The summed E-state index contributed by atoms with van der Waals surface area (Å²) >= 11 is 0. The molecule has 0 bridgehead atoms. The maximum absolute atomic E-state index is 15.1. The lowest BCUT2D eigenvalue weighted by molar-refractivity contribution is -0.125. The third kappa shape index (κ3) is 6.45. The molecule has 2 aliphatic heterocycles. The Morgan fingerprint density at radius 1 is 0.955 bits per heavy atom. The first-order valence-electron chi connectivity index (χ1n) is 16.0. The number of carbonyl (C=O) groups excluding carboxylic acids is 2. The van der Waals surface area contributed by atoms with Gasteiger partial charge in [0.2, 0.25) is 5.91 Å². The predicted octanol–water partition coefficient (Wildman–Crippen LogP) is 7.30. The molecule has 3 unspecified atom stereocenters. The lowest BCUT2D eigenvalue weighted by Crippen LogP contribution is -2.51. The molecule has 3 aromatic rings. The monoisotopic (exact) mass is 598 g/mol. The summed E-state index contributed by atoms with van der Waals surface area (Å²) in [5, 5.41) is 1.24. The lowest BCUT2D eigenvalue weighted by Gasteiger charge is -2.42. The summed E-state index contributed by atoms with van der Waals surface area (Å²) in [6, 6.07) is 21.2. The van der Waals surface area contributed by atoms with Crippen molar-refractivity contribution in [3.8, 4) is 0 Å². The number of carbonyl (C=O) groups is 2. The SMILES string of the molecule is Cc1cccc(F)c1C(=O)N1CCC[C@H](C(=O)N(N)c2cccc(C(C)(C)C)c2)C1c1ccc(CN2C(C)CCC2C)cc1. The van der Waals surface area contributed by atoms with Crippen LogP contribution in [0.3, 0.4) is 0 Å². The summed E-state index contributed by atoms with van der Waals surface area (Å²) in [7, 11) is 0. The molecule has 0 aliphatic carbocycles. The van der Waals surface area contributed by atoms with Gasteiger partial charge >= 0.3 is 0 Å². The fraction of sp³-hybridized carbons (Fsp3) is 0.459. The van der Waals surface area contributed by atoms with E-state index in [1.165, 1.54) is 29.5 Å². The smallest absolute Gasteiger partial charge is 0.257 e. The van der Waals surface area contributed by atoms with Gasteiger partial charge < -0.3 is 4.90 Å². The normalized spacial score (nSPS) is 22.7. The van der Waals surface area contributed by atoms with E-state index < -0.39 is 23.7 Å². The van der Waals surface area contributed by atoms with Crippen molar-refractivity contribution in [3.63, 3.8) is 0 Å². The van der Waals surface area contributed by atoms with E-state index in [4.69, 9.17) is 5.84 Å². The number of piperidine rings is 1. The van der Waals surface area contributed by atoms with Crippen molar-refractivity contribution in [3.05, 3.63) is 100 Å². The fourth-order valence-electron chi connectivity index (χ4n) is 6.96. The van der Waals surface area contributed by atoms with E-state index in [0.717, 1.165) is 17.7 Å². The molecule has 3 aromatic carbocycles. The standard InChI is InChI=1S/C37H47FN4O2/c1-24-10-7-14-32(38)33(24)36(44)40-21-9-13-31(35(43)42(39)30-12-8-11-29(22-30)37(4,5)6)34(40)28-19-17-27(18-20-28)23-41-25(2)15-16-26(41)3/h7-8,10-12,14,17-20,22,25-26,31,34H,9,13,15-16,21,23,39H2,1-6H3/t25?,26?,31-,34?/m0/s1. The zero-order chi connectivity index (χ0) is 31.8. The van der Waals surface area contributed by atoms with Gasteiger partial charge in [-0.1, -0.05) is 69.3 Å². The highest BCUT2D eigenvalue weighted by Gasteiger charge is 2.42. The van der Waals surface area contributed by atoms with E-state index in [-0.39, 0.29) is 16.9 Å². The topological polar surface area (TPSA) is 69.9 Å². The summed E-state index contributed by atoms with van der Waals surface area (Å²) in [5.74, 6) is 4.76. The number of benzene rings is 3. The second-order valence-electron chi connectivity index (χ2n) is 13.8. The number of halogens is 1. The summed E-state index contributed by atoms with van der Waals surface area (Å²) in [5.41, 5.74) is 4.25. The minimum atomic E-state index is -0.590. The Kier molecular flexibility index (Phi) is 9.28. The van der Waals surface area contributed by atoms with Crippen molar-refractivity contribution in [1.29, 1.82) is 0 Å². The van der Waals surface area contributed by atoms with Gasteiger partial charge in [0.15, 0.2) is 0 Å². The molecule has 6 nitrogen and oxygen atoms in total. The number of hydrogen-bond acceptors (Lipinski definition) is 4. The van der Waals surface area contributed by atoms with E-state index in [1.807, 2.05) is 36.4 Å². The number of anilines is 1. The zero-order valence-electron chi connectivity index (χ0n) is 27.0. The summed E-state index contributed by atoms with van der Waals surface area (Å²) in [6.45, 7) is 13.9. The van der Waals surface area contributed by atoms with Gasteiger partial charge in [-0.2, -0.15) is 0 Å². The quantitative estimate of drug-likeness (QED) is 0.184. The Morgan fingerprint density at radius 3 is 2.25 bits per heavy atom. The maximum Gasteiger partial charge on any atom is 0.257 e. The highest BCUT2D eigenvalue weighted by molar-refractivity contribution is 5.98. The number of amides is 2. The Balaban J connectivity index is 1.50. The van der Waals surface area contributed by atoms with E-state index in [1.54, 1.807) is 24.0 Å². The number of rotatable bonds is 6. The van der Waals surface area contributed by atoms with Crippen LogP contribution in [-0.4, -0.2) is 40.2 Å². The molecule has 7 heteroatoms. The number of aryl methyl sites for hydroxylation is 1. The van der Waals surface area contributed by atoms with Crippen LogP contribution in [0.1, 0.15) is 99.0 Å². The second-order valence-corrected chi connectivity index (χ2v) is 13.8. The predicted molar refractivity (Wildman–Crippen MR) is 175 cm³/mol. The molecule has 2 aliphatic rings. The Hall–Kier alpha value is -3.55. The number of hydrogen-bond donors (Lipinski definition) is 1. The summed E-state index contributed by atoms with van der Waals surface area (Å²) < 4.78 is 15.1. The first-order chi connectivity index (χ1) is 20.9. The number of nitrogens with zero attached hydrogens (tertiary/aromatic N) is 3. The largest absolute Gasteiger partial charge is 0.331 e. The van der Waals surface area contributed by atoms with Gasteiger partial charge in [0.05, 0.1) is 23.2 Å². The van der Waals surface area contributed by atoms with Gasteiger partial charge in [-0.3, -0.25) is 14.5 Å². The van der Waals surface area contributed by atoms with E-state index in [2.05, 4.69) is 51.7 Å². The van der Waals surface area contributed by atoms with E-state index in [0.29, 0.717) is 42.7 Å². The molecule has 0 radical (unpaired) electrons. The molecule has 5 rings (SSSR count). The summed E-state index contributed by atoms with van der Waals surface area (Å²) in [6.07, 6.45) is 3.59. The van der Waals surface area contributed by atoms with Gasteiger partial charge in [0.1, 0.15) is 5.82 Å². The van der Waals surface area contributed by atoms with Gasteiger partial charge in [0.25, 0.3) is 5.91 Å². The van der Waals surface area contributed by atoms with Crippen molar-refractivity contribution in [1.82, 2.24) is 9.80 Å². The number of nitrogens with two attached hydrogens (primary N) is 1. The van der Waals surface area contributed by atoms with Gasteiger partial charge in [0, 0.05) is 25.2 Å². The minimum absolute atomic E-state index is 0.0571. The third-order valence-electron chi connectivity index (χ3n) is 9.69. The molecule has 2 amide bonds. The molecule has 0 aromatic heterocycles. The third-order valence-corrected chi connectivity index (χ3v) is 9.69. The van der Waals surface area contributed by atoms with Crippen LogP contribution in [0.5, 0.6) is 0 Å². The maximum atomic E-state index is 15.1. The fourth-order valence-corrected chi connectivity index (χ4v) is 6.96. The molecule has 4 atom stereocenters. The van der Waals surface area contributed by atoms with Crippen LogP contribution in [0, 0.1) is 18.7 Å². The van der Waals surface area contributed by atoms with Crippen LogP contribution in [0.4, 0.5) is 10.1 Å². The highest BCUT2D eigenvalue weighted by atomic mass is 19.1. The first kappa shape index (κ1) is 31.9. The van der Waals surface area contributed by atoms with Crippen LogP contribution in [0.15, 0.2) is 66.7 Å². The molecule has 0 spiro atoms. The van der Waals surface area contributed by atoms with Crippen molar-refractivity contribution >= 4 is 17.5 Å². The minimum Gasteiger partial charge on any atom is -0.331 e. The molecule has 2 N–H and O–H groups in total. The van der Waals surface area contributed by atoms with Crippen molar-refractivity contribution < 1.29 is 14.0 Å². The highest BCUT2D eigenvalue weighted by Crippen LogP contribution is 2.40. The first-order valence-corrected chi connectivity index (χ1v) is 16.0. The average molecular weight is 599 g/mol. The van der Waals surface area contributed by atoms with E-state index >= 15 is 4.39 Å². The number of likely N-dealkylation sites (tertiary alicyclic amines) is 2. The van der Waals surface area contributed by atoms with Crippen LogP contribution in [0.2, 0.25) is 0 Å². The molecule has 2 heterocycles. The Labute approximate surface area is 262 Å². The molecule has 234 valence electrons. The second kappa shape index (κ2) is 12.8. The van der Waals surface area contributed by atoms with Gasteiger partial charge in [-0.15, -0.1) is 0 Å². The zero-order valence-corrected chi connectivity index (χ0v) is 27.0. The van der Waals surface area contributed by atoms with Crippen LogP contribution in [0.25, 0.3) is 0 Å². The van der Waals surface area contributed by atoms with Crippen LogP contribution < -0.4 is 10.9 Å². The summed E-state index contributed by atoms with van der Waals surface area (Å²) in [4.78, 5) is 32.5. The molecular formula is C37H47FN4O2. The molecule has 2 saturated heterocycles. The van der Waals surface area contributed by atoms with Crippen molar-refractivity contribution in [2.45, 2.75) is 97.3 Å². The molecule has 2 fully saturated rings. The lowest BCUT2D eigenvalue weighted by atomic mass is 9.82. The average Bonchev–Trinajstić information content (AvgIpc) is 3.32. The molecule has 44 heavy (non-hydrogen) atoms. The van der Waals surface area contributed by atoms with Crippen molar-refractivity contribution in [2.24, 2.45) is 11.8 Å². The molecular weight excluding hydrogens is 551 g/mol. The Bertz CT molecular complexity index is 1470.